The molecule has 0 saturated carbocycles. The van der Waals surface area contributed by atoms with E-state index in [1.807, 2.05) is 0 Å². The summed E-state index contributed by atoms with van der Waals surface area (Å²) in [4.78, 5) is 14.5. The Labute approximate surface area is 190 Å². The van der Waals surface area contributed by atoms with Crippen LogP contribution >= 0.6 is 0 Å². The fraction of sp³-hybridized carbons (Fsp3) is 0.348. The third-order valence-corrected chi connectivity index (χ3v) is 5.58. The van der Waals surface area contributed by atoms with Crippen LogP contribution in [0.5, 0.6) is 17.2 Å². The number of urea groups is 1. The van der Waals surface area contributed by atoms with Crippen LogP contribution in [0, 0.1) is 5.82 Å². The summed E-state index contributed by atoms with van der Waals surface area (Å²) in [5.74, 6) is 1.98. The highest BCUT2D eigenvalue weighted by Gasteiger charge is 2.28. The number of amides is 2. The van der Waals surface area contributed by atoms with E-state index in [0.717, 1.165) is 0 Å². The topological polar surface area (TPSA) is 99.0 Å². The van der Waals surface area contributed by atoms with E-state index in [1.165, 1.54) is 33.5 Å². The van der Waals surface area contributed by atoms with Crippen molar-refractivity contribution in [3.8, 4) is 28.7 Å². The number of ether oxygens (including phenoxy) is 3. The van der Waals surface area contributed by atoms with Crippen molar-refractivity contribution >= 4 is 11.7 Å². The summed E-state index contributed by atoms with van der Waals surface area (Å²) in [7, 11) is 4.56. The Kier molecular flexibility index (Phi) is 6.62. The fourth-order valence-electron chi connectivity index (χ4n) is 3.79. The summed E-state index contributed by atoms with van der Waals surface area (Å²) in [5.41, 5.74) is 1.20. The summed E-state index contributed by atoms with van der Waals surface area (Å²) >= 11 is 0. The number of likely N-dealkylation sites (tertiary alicyclic amines) is 1. The zero-order valence-electron chi connectivity index (χ0n) is 18.6. The minimum absolute atomic E-state index is 0.0527. The van der Waals surface area contributed by atoms with E-state index in [0.29, 0.717) is 66.2 Å². The van der Waals surface area contributed by atoms with Gasteiger partial charge < -0.3 is 28.8 Å². The number of rotatable bonds is 6. The van der Waals surface area contributed by atoms with Crippen LogP contribution in [0.4, 0.5) is 14.9 Å². The highest BCUT2D eigenvalue weighted by Crippen LogP contribution is 2.40. The molecule has 0 bridgehead atoms. The lowest BCUT2D eigenvalue weighted by atomic mass is 9.97. The molecule has 1 aromatic heterocycles. The van der Waals surface area contributed by atoms with Crippen LogP contribution in [0.3, 0.4) is 0 Å². The zero-order chi connectivity index (χ0) is 23.4. The summed E-state index contributed by atoms with van der Waals surface area (Å²) in [6.07, 6.45) is 1.38. The number of hydrogen-bond acceptors (Lipinski definition) is 7. The largest absolute Gasteiger partial charge is 0.493 e. The van der Waals surface area contributed by atoms with Crippen molar-refractivity contribution in [1.29, 1.82) is 0 Å². The summed E-state index contributed by atoms with van der Waals surface area (Å²) < 4.78 is 34.9. The maximum absolute atomic E-state index is 13.1. The summed E-state index contributed by atoms with van der Waals surface area (Å²) in [6.45, 7) is 1.07. The number of benzene rings is 2. The van der Waals surface area contributed by atoms with Gasteiger partial charge in [0.25, 0.3) is 0 Å². The molecule has 4 rings (SSSR count). The Hall–Kier alpha value is -3.82. The second-order valence-corrected chi connectivity index (χ2v) is 7.56. The van der Waals surface area contributed by atoms with E-state index < -0.39 is 0 Å². The highest BCUT2D eigenvalue weighted by molar-refractivity contribution is 5.90. The molecule has 9 nitrogen and oxygen atoms in total. The zero-order valence-corrected chi connectivity index (χ0v) is 18.6. The lowest BCUT2D eigenvalue weighted by Crippen LogP contribution is -2.40. The van der Waals surface area contributed by atoms with Gasteiger partial charge in [-0.05, 0) is 37.1 Å². The number of carbonyl (C=O) groups excluding carboxylic acids is 1. The minimum Gasteiger partial charge on any atom is -0.493 e. The fourth-order valence-corrected chi connectivity index (χ4v) is 3.79. The Morgan fingerprint density at radius 3 is 2.24 bits per heavy atom. The normalized spacial score (nSPS) is 14.1. The molecular weight excluding hydrogens is 431 g/mol. The van der Waals surface area contributed by atoms with Crippen molar-refractivity contribution in [1.82, 2.24) is 15.1 Å². The van der Waals surface area contributed by atoms with Crippen molar-refractivity contribution in [3.63, 3.8) is 0 Å². The minimum atomic E-state index is -0.323. The predicted molar refractivity (Wildman–Crippen MR) is 118 cm³/mol. The van der Waals surface area contributed by atoms with E-state index in [-0.39, 0.29) is 17.8 Å². The van der Waals surface area contributed by atoms with Gasteiger partial charge in [0.2, 0.25) is 17.5 Å². The molecule has 0 aliphatic carbocycles. The van der Waals surface area contributed by atoms with E-state index in [1.54, 1.807) is 29.2 Å². The van der Waals surface area contributed by atoms with E-state index in [9.17, 15) is 9.18 Å². The number of nitrogens with one attached hydrogen (secondary N) is 1. The second kappa shape index (κ2) is 9.76. The second-order valence-electron chi connectivity index (χ2n) is 7.56. The van der Waals surface area contributed by atoms with Gasteiger partial charge in [-0.15, -0.1) is 10.2 Å². The standard InChI is InChI=1S/C23H25FN4O5/c1-30-18-12-17(13-19(31-2)20(18)32-3)25-23(29)28-10-8-15(9-11-28)22-27-26-21(33-22)14-4-6-16(24)7-5-14/h4-7,12-13,15H,8-11H2,1-3H3,(H,25,29). The van der Waals surface area contributed by atoms with Crippen molar-refractivity contribution in [2.75, 3.05) is 39.7 Å². The first kappa shape index (κ1) is 22.4. The molecule has 0 unspecified atom stereocenters. The summed E-state index contributed by atoms with van der Waals surface area (Å²) in [5, 5.41) is 11.1. The van der Waals surface area contributed by atoms with E-state index in [4.69, 9.17) is 18.6 Å². The quantitative estimate of drug-likeness (QED) is 0.590. The first-order valence-corrected chi connectivity index (χ1v) is 10.5. The molecule has 2 aromatic carbocycles. The van der Waals surface area contributed by atoms with Gasteiger partial charge >= 0.3 is 6.03 Å². The number of carbonyl (C=O) groups is 1. The van der Waals surface area contributed by atoms with E-state index in [2.05, 4.69) is 15.5 Å². The van der Waals surface area contributed by atoms with Gasteiger partial charge in [-0.2, -0.15) is 0 Å². The number of anilines is 1. The van der Waals surface area contributed by atoms with Crippen LogP contribution in [-0.2, 0) is 0 Å². The average Bonchev–Trinajstić information content (AvgIpc) is 3.34. The monoisotopic (exact) mass is 456 g/mol. The smallest absolute Gasteiger partial charge is 0.321 e. The Bertz CT molecular complexity index is 1090. The van der Waals surface area contributed by atoms with Gasteiger partial charge in [-0.25, -0.2) is 9.18 Å². The van der Waals surface area contributed by atoms with Crippen LogP contribution < -0.4 is 19.5 Å². The van der Waals surface area contributed by atoms with Crippen LogP contribution in [0.15, 0.2) is 40.8 Å². The first-order valence-electron chi connectivity index (χ1n) is 10.5. The number of halogens is 1. The van der Waals surface area contributed by atoms with Crippen molar-refractivity contribution in [2.24, 2.45) is 0 Å². The molecule has 1 aliphatic heterocycles. The number of aromatic nitrogens is 2. The van der Waals surface area contributed by atoms with Crippen molar-refractivity contribution in [3.05, 3.63) is 48.1 Å². The molecule has 10 heteroatoms. The molecule has 1 aliphatic rings. The lowest BCUT2D eigenvalue weighted by Gasteiger charge is -2.30. The number of nitrogens with zero attached hydrogens (tertiary/aromatic N) is 3. The molecule has 33 heavy (non-hydrogen) atoms. The van der Waals surface area contributed by atoms with Gasteiger partial charge in [0, 0.05) is 36.7 Å². The van der Waals surface area contributed by atoms with Gasteiger partial charge in [0.1, 0.15) is 5.82 Å². The molecular formula is C23H25FN4O5. The van der Waals surface area contributed by atoms with Crippen molar-refractivity contribution in [2.45, 2.75) is 18.8 Å². The molecule has 3 aromatic rings. The Morgan fingerprint density at radius 2 is 1.67 bits per heavy atom. The van der Waals surface area contributed by atoms with Crippen LogP contribution in [0.2, 0.25) is 0 Å². The van der Waals surface area contributed by atoms with Crippen LogP contribution in [0.25, 0.3) is 11.5 Å². The third-order valence-electron chi connectivity index (χ3n) is 5.58. The maximum atomic E-state index is 13.1. The SMILES string of the molecule is COc1cc(NC(=O)N2CCC(c3nnc(-c4ccc(F)cc4)o3)CC2)cc(OC)c1OC. The molecule has 0 radical (unpaired) electrons. The van der Waals surface area contributed by atoms with Gasteiger partial charge in [-0.3, -0.25) is 0 Å². The summed E-state index contributed by atoms with van der Waals surface area (Å²) in [6, 6.07) is 9.04. The van der Waals surface area contributed by atoms with Gasteiger partial charge in [0.05, 0.1) is 27.0 Å². The number of piperidine rings is 1. The molecule has 174 valence electrons. The molecule has 1 N–H and O–H groups in total. The average molecular weight is 456 g/mol. The first-order chi connectivity index (χ1) is 16.0. The van der Waals surface area contributed by atoms with Gasteiger partial charge in [0.15, 0.2) is 11.5 Å². The Balaban J connectivity index is 1.37. The maximum Gasteiger partial charge on any atom is 0.321 e. The third kappa shape index (κ3) is 4.84. The Morgan fingerprint density at radius 1 is 1.03 bits per heavy atom. The molecule has 0 spiro atoms. The van der Waals surface area contributed by atoms with E-state index >= 15 is 0 Å². The van der Waals surface area contributed by atoms with Gasteiger partial charge in [-0.1, -0.05) is 0 Å². The highest BCUT2D eigenvalue weighted by atomic mass is 19.1. The lowest BCUT2D eigenvalue weighted by molar-refractivity contribution is 0.190. The molecule has 2 amide bonds. The molecule has 0 atom stereocenters. The predicted octanol–water partition coefficient (Wildman–Crippen LogP) is 4.31. The van der Waals surface area contributed by atoms with Crippen molar-refractivity contribution < 1.29 is 27.8 Å². The molecule has 1 fully saturated rings. The molecule has 2 heterocycles. The van der Waals surface area contributed by atoms with Crippen LogP contribution in [0.1, 0.15) is 24.7 Å². The molecule has 1 saturated heterocycles. The number of hydrogen-bond donors (Lipinski definition) is 1. The number of methoxy groups -OCH3 is 3. The van der Waals surface area contributed by atoms with Crippen LogP contribution in [-0.4, -0.2) is 55.5 Å².